The van der Waals surface area contributed by atoms with Crippen LogP contribution in [-0.4, -0.2) is 46.1 Å². The molecule has 140 valence electrons. The van der Waals surface area contributed by atoms with Gasteiger partial charge in [-0.05, 0) is 55.4 Å². The molecule has 0 aliphatic carbocycles. The Labute approximate surface area is 157 Å². The zero-order valence-electron chi connectivity index (χ0n) is 15.1. The number of hydrogen-bond donors (Lipinski definition) is 0. The molecule has 2 saturated heterocycles. The third kappa shape index (κ3) is 3.06. The molecule has 0 amide bonds. The number of benzene rings is 1. The van der Waals surface area contributed by atoms with E-state index in [4.69, 9.17) is 9.84 Å². The molecule has 0 atom stereocenters. The van der Waals surface area contributed by atoms with Crippen molar-refractivity contribution in [1.29, 1.82) is 0 Å². The van der Waals surface area contributed by atoms with Gasteiger partial charge in [-0.15, -0.1) is 15.3 Å². The Morgan fingerprint density at radius 2 is 1.78 bits per heavy atom. The van der Waals surface area contributed by atoms with E-state index < -0.39 is 0 Å². The number of fused-ring (bicyclic) bond motifs is 1. The molecule has 0 bridgehead atoms. The third-order valence-electron chi connectivity index (χ3n) is 6.03. The maximum absolute atomic E-state index is 13.6. The molecule has 27 heavy (non-hydrogen) atoms. The van der Waals surface area contributed by atoms with Crippen LogP contribution in [0.25, 0.3) is 17.0 Å². The summed E-state index contributed by atoms with van der Waals surface area (Å²) < 4.78 is 20.9. The van der Waals surface area contributed by atoms with Crippen molar-refractivity contribution >= 4 is 11.5 Å². The summed E-state index contributed by atoms with van der Waals surface area (Å²) in [5.41, 5.74) is 1.78. The van der Waals surface area contributed by atoms with Gasteiger partial charge in [0.25, 0.3) is 0 Å². The topological polar surface area (TPSA) is 55.5 Å². The predicted octanol–water partition coefficient (Wildman–Crippen LogP) is 3.33. The van der Waals surface area contributed by atoms with Crippen LogP contribution < -0.4 is 4.90 Å². The van der Waals surface area contributed by atoms with E-state index in [2.05, 4.69) is 15.1 Å². The van der Waals surface area contributed by atoms with Crippen LogP contribution in [0, 0.1) is 11.2 Å². The van der Waals surface area contributed by atoms with Gasteiger partial charge in [0.1, 0.15) is 11.6 Å². The van der Waals surface area contributed by atoms with Crippen molar-refractivity contribution in [3.8, 4) is 11.4 Å². The highest BCUT2D eigenvalue weighted by Crippen LogP contribution is 2.41. The number of rotatable bonds is 2. The molecule has 3 aromatic rings. The molecule has 5 rings (SSSR count). The largest absolute Gasteiger partial charge is 0.381 e. The van der Waals surface area contributed by atoms with E-state index in [0.29, 0.717) is 22.5 Å². The zero-order valence-corrected chi connectivity index (χ0v) is 15.1. The minimum atomic E-state index is -0.293. The summed E-state index contributed by atoms with van der Waals surface area (Å²) >= 11 is 0. The second kappa shape index (κ2) is 6.56. The van der Waals surface area contributed by atoms with E-state index in [1.807, 2.05) is 18.2 Å². The van der Waals surface area contributed by atoms with Gasteiger partial charge in [0.05, 0.1) is 0 Å². The number of hydrogen-bond acceptors (Lipinski definition) is 5. The van der Waals surface area contributed by atoms with Gasteiger partial charge < -0.3 is 9.64 Å². The van der Waals surface area contributed by atoms with Crippen LogP contribution in [0.1, 0.15) is 25.7 Å². The smallest absolute Gasteiger partial charge is 0.185 e. The molecule has 1 aromatic carbocycles. The Bertz CT molecular complexity index is 956. The molecule has 7 heteroatoms. The van der Waals surface area contributed by atoms with Gasteiger partial charge >= 0.3 is 0 Å². The molecule has 0 N–H and O–H groups in total. The van der Waals surface area contributed by atoms with Crippen LogP contribution in [0.5, 0.6) is 0 Å². The van der Waals surface area contributed by atoms with Crippen LogP contribution in [0.2, 0.25) is 0 Å². The maximum atomic E-state index is 13.6. The van der Waals surface area contributed by atoms with Crippen molar-refractivity contribution in [2.24, 2.45) is 5.41 Å². The van der Waals surface area contributed by atoms with Gasteiger partial charge in [0, 0.05) is 31.9 Å². The highest BCUT2D eigenvalue weighted by Gasteiger charge is 2.36. The first-order chi connectivity index (χ1) is 13.2. The summed E-state index contributed by atoms with van der Waals surface area (Å²) in [7, 11) is 0. The van der Waals surface area contributed by atoms with Gasteiger partial charge in [-0.2, -0.15) is 4.52 Å². The summed E-state index contributed by atoms with van der Waals surface area (Å²) in [6.07, 6.45) is 4.69. The summed E-state index contributed by atoms with van der Waals surface area (Å²) in [5.74, 6) is 1.18. The fraction of sp³-hybridized carbons (Fsp3) is 0.450. The van der Waals surface area contributed by atoms with Crippen LogP contribution in [-0.2, 0) is 4.74 Å². The molecule has 2 aliphatic heterocycles. The minimum Gasteiger partial charge on any atom is -0.381 e. The Morgan fingerprint density at radius 1 is 0.963 bits per heavy atom. The average molecular weight is 367 g/mol. The van der Waals surface area contributed by atoms with E-state index in [1.165, 1.54) is 37.8 Å². The highest BCUT2D eigenvalue weighted by atomic mass is 19.1. The van der Waals surface area contributed by atoms with Crippen LogP contribution in [0.15, 0.2) is 36.4 Å². The molecule has 2 fully saturated rings. The van der Waals surface area contributed by atoms with Crippen molar-refractivity contribution in [2.75, 3.05) is 31.2 Å². The standard InChI is InChI=1S/C20H22FN5O/c21-16-3-1-2-15(14-16)19-23-22-17-4-5-18(24-26(17)19)25-10-6-20(7-11-25)8-12-27-13-9-20/h1-5,14H,6-13H2. The monoisotopic (exact) mass is 367 g/mol. The molecule has 4 heterocycles. The molecule has 0 saturated carbocycles. The van der Waals surface area contributed by atoms with Gasteiger partial charge in [-0.1, -0.05) is 12.1 Å². The fourth-order valence-corrected chi connectivity index (χ4v) is 4.27. The average Bonchev–Trinajstić information content (AvgIpc) is 3.12. The van der Waals surface area contributed by atoms with Crippen molar-refractivity contribution in [3.05, 3.63) is 42.2 Å². The number of aromatic nitrogens is 4. The number of piperidine rings is 1. The molecule has 2 aliphatic rings. The van der Waals surface area contributed by atoms with E-state index >= 15 is 0 Å². The van der Waals surface area contributed by atoms with Crippen molar-refractivity contribution in [2.45, 2.75) is 25.7 Å². The minimum absolute atomic E-state index is 0.293. The first kappa shape index (κ1) is 16.6. The lowest BCUT2D eigenvalue weighted by atomic mass is 9.72. The van der Waals surface area contributed by atoms with Crippen LogP contribution in [0.3, 0.4) is 0 Å². The second-order valence-corrected chi connectivity index (χ2v) is 7.59. The van der Waals surface area contributed by atoms with E-state index in [1.54, 1.807) is 10.6 Å². The predicted molar refractivity (Wildman–Crippen MR) is 100 cm³/mol. The molecule has 1 spiro atoms. The lowest BCUT2D eigenvalue weighted by Crippen LogP contribution is -2.43. The van der Waals surface area contributed by atoms with Gasteiger partial charge in [0.2, 0.25) is 0 Å². The number of ether oxygens (including phenoxy) is 1. The number of nitrogens with zero attached hydrogens (tertiary/aromatic N) is 5. The maximum Gasteiger partial charge on any atom is 0.185 e. The molecule has 6 nitrogen and oxygen atoms in total. The van der Waals surface area contributed by atoms with Gasteiger partial charge in [0.15, 0.2) is 11.5 Å². The van der Waals surface area contributed by atoms with E-state index in [0.717, 1.165) is 32.1 Å². The summed E-state index contributed by atoms with van der Waals surface area (Å²) in [5, 5.41) is 13.2. The lowest BCUT2D eigenvalue weighted by molar-refractivity contribution is 0.00204. The normalized spacial score (nSPS) is 19.7. The zero-order chi connectivity index (χ0) is 18.3. The summed E-state index contributed by atoms with van der Waals surface area (Å²) in [4.78, 5) is 2.33. The van der Waals surface area contributed by atoms with Gasteiger partial charge in [-0.25, -0.2) is 4.39 Å². The first-order valence-electron chi connectivity index (χ1n) is 9.54. The second-order valence-electron chi connectivity index (χ2n) is 7.59. The Balaban J connectivity index is 1.42. The first-order valence-corrected chi connectivity index (χ1v) is 9.54. The Morgan fingerprint density at radius 3 is 2.56 bits per heavy atom. The third-order valence-corrected chi connectivity index (χ3v) is 6.03. The lowest BCUT2D eigenvalue weighted by Gasteiger charge is -2.44. The molecular formula is C20H22FN5O. The number of halogens is 1. The van der Waals surface area contributed by atoms with Crippen molar-refractivity contribution in [1.82, 2.24) is 19.8 Å². The van der Waals surface area contributed by atoms with Crippen LogP contribution in [0.4, 0.5) is 10.2 Å². The summed E-state index contributed by atoms with van der Waals surface area (Å²) in [6, 6.07) is 10.3. The van der Waals surface area contributed by atoms with Crippen molar-refractivity contribution < 1.29 is 9.13 Å². The fourth-order valence-electron chi connectivity index (χ4n) is 4.27. The highest BCUT2D eigenvalue weighted by molar-refractivity contribution is 5.59. The quantitative estimate of drug-likeness (QED) is 0.695. The SMILES string of the molecule is Fc1cccc(-c2nnc3ccc(N4CCC5(CCOCC5)CC4)nn23)c1. The molecule has 0 radical (unpaired) electrons. The van der Waals surface area contributed by atoms with Gasteiger partial charge in [-0.3, -0.25) is 0 Å². The van der Waals surface area contributed by atoms with Crippen LogP contribution >= 0.6 is 0 Å². The molecular weight excluding hydrogens is 345 g/mol. The van der Waals surface area contributed by atoms with E-state index in [9.17, 15) is 4.39 Å². The Hall–Kier alpha value is -2.54. The Kier molecular flexibility index (Phi) is 4.04. The molecule has 0 unspecified atom stereocenters. The number of anilines is 1. The molecule has 2 aromatic heterocycles. The van der Waals surface area contributed by atoms with Crippen molar-refractivity contribution in [3.63, 3.8) is 0 Å². The summed E-state index contributed by atoms with van der Waals surface area (Å²) in [6.45, 7) is 3.77. The van der Waals surface area contributed by atoms with E-state index in [-0.39, 0.29) is 5.82 Å².